The summed E-state index contributed by atoms with van der Waals surface area (Å²) >= 11 is 0. The van der Waals surface area contributed by atoms with Crippen molar-refractivity contribution in [2.24, 2.45) is 0 Å². The third-order valence-electron chi connectivity index (χ3n) is 3.71. The second kappa shape index (κ2) is 6.49. The van der Waals surface area contributed by atoms with Crippen LogP contribution in [0.15, 0.2) is 42.6 Å². The van der Waals surface area contributed by atoms with Crippen LogP contribution in [0.1, 0.15) is 22.3 Å². The van der Waals surface area contributed by atoms with Crippen molar-refractivity contribution in [2.45, 2.75) is 19.4 Å². The summed E-state index contributed by atoms with van der Waals surface area (Å²) in [4.78, 5) is 40.7. The number of anilines is 2. The zero-order valence-corrected chi connectivity index (χ0v) is 13.0. The number of fused-ring (bicyclic) bond motifs is 1. The third kappa shape index (κ3) is 3.24. The van der Waals surface area contributed by atoms with E-state index in [2.05, 4.69) is 20.9 Å². The number of amides is 3. The van der Waals surface area contributed by atoms with Gasteiger partial charge in [0.2, 0.25) is 11.8 Å². The molecular formula is C17H16N4O3. The minimum Gasteiger partial charge on any atom is -0.340 e. The van der Waals surface area contributed by atoms with Gasteiger partial charge >= 0.3 is 0 Å². The van der Waals surface area contributed by atoms with Crippen molar-refractivity contribution in [2.75, 3.05) is 10.6 Å². The summed E-state index contributed by atoms with van der Waals surface area (Å²) < 4.78 is 0. The molecule has 1 aliphatic rings. The summed E-state index contributed by atoms with van der Waals surface area (Å²) in [6, 6.07) is 9.33. The van der Waals surface area contributed by atoms with Gasteiger partial charge < -0.3 is 16.0 Å². The minimum absolute atomic E-state index is 0.179. The van der Waals surface area contributed by atoms with E-state index >= 15 is 0 Å². The van der Waals surface area contributed by atoms with Gasteiger partial charge in [0.05, 0.1) is 17.7 Å². The molecule has 122 valence electrons. The molecule has 3 rings (SSSR count). The van der Waals surface area contributed by atoms with Gasteiger partial charge in [0.1, 0.15) is 11.9 Å². The molecule has 2 heterocycles. The maximum Gasteiger partial charge on any atom is 0.254 e. The van der Waals surface area contributed by atoms with Crippen LogP contribution in [0.2, 0.25) is 0 Å². The Morgan fingerprint density at radius 3 is 2.79 bits per heavy atom. The number of nitrogens with one attached hydrogen (secondary N) is 3. The molecule has 0 radical (unpaired) electrons. The molecule has 0 unspecified atom stereocenters. The first-order valence-electron chi connectivity index (χ1n) is 7.47. The fourth-order valence-corrected chi connectivity index (χ4v) is 2.44. The van der Waals surface area contributed by atoms with Gasteiger partial charge in [0.15, 0.2) is 0 Å². The van der Waals surface area contributed by atoms with Gasteiger partial charge in [-0.1, -0.05) is 18.2 Å². The number of hydrogen-bond donors (Lipinski definition) is 3. The molecule has 0 bridgehead atoms. The Kier molecular flexibility index (Phi) is 4.24. The molecule has 3 amide bonds. The van der Waals surface area contributed by atoms with E-state index in [9.17, 15) is 14.4 Å². The summed E-state index contributed by atoms with van der Waals surface area (Å²) in [7, 11) is 0. The summed E-state index contributed by atoms with van der Waals surface area (Å²) in [6.45, 7) is 1.82. The van der Waals surface area contributed by atoms with E-state index in [1.54, 1.807) is 36.5 Å². The van der Waals surface area contributed by atoms with Crippen LogP contribution in [-0.4, -0.2) is 28.7 Å². The highest BCUT2D eigenvalue weighted by Gasteiger charge is 2.29. The molecule has 1 atom stereocenters. The van der Waals surface area contributed by atoms with Crippen LogP contribution < -0.4 is 16.0 Å². The summed E-state index contributed by atoms with van der Waals surface area (Å²) in [6.07, 6.45) is 1.39. The SMILES string of the molecule is Cc1cccnc1NC(=O)C[C@@H]1NC(=O)c2ccccc2NC1=O. The van der Waals surface area contributed by atoms with Crippen LogP contribution in [0.3, 0.4) is 0 Å². The van der Waals surface area contributed by atoms with Crippen molar-refractivity contribution < 1.29 is 14.4 Å². The zero-order chi connectivity index (χ0) is 17.1. The van der Waals surface area contributed by atoms with E-state index in [0.717, 1.165) is 5.56 Å². The average Bonchev–Trinajstić information content (AvgIpc) is 2.67. The van der Waals surface area contributed by atoms with Crippen molar-refractivity contribution in [1.29, 1.82) is 0 Å². The van der Waals surface area contributed by atoms with E-state index in [0.29, 0.717) is 17.1 Å². The number of aromatic nitrogens is 1. The number of pyridine rings is 1. The topological polar surface area (TPSA) is 100 Å². The Morgan fingerprint density at radius 2 is 2.00 bits per heavy atom. The first-order chi connectivity index (χ1) is 11.5. The Morgan fingerprint density at radius 1 is 1.21 bits per heavy atom. The third-order valence-corrected chi connectivity index (χ3v) is 3.71. The summed E-state index contributed by atoms with van der Waals surface area (Å²) in [5.74, 6) is -0.786. The molecular weight excluding hydrogens is 308 g/mol. The normalized spacial score (nSPS) is 16.5. The second-order valence-electron chi connectivity index (χ2n) is 5.48. The first kappa shape index (κ1) is 15.7. The van der Waals surface area contributed by atoms with Gasteiger partial charge in [-0.2, -0.15) is 0 Å². The molecule has 7 heteroatoms. The predicted molar refractivity (Wildman–Crippen MR) is 88.5 cm³/mol. The average molecular weight is 324 g/mol. The number of carbonyl (C=O) groups excluding carboxylic acids is 3. The molecule has 0 saturated heterocycles. The number of benzene rings is 1. The van der Waals surface area contributed by atoms with Gasteiger partial charge in [0, 0.05) is 6.20 Å². The van der Waals surface area contributed by atoms with Crippen molar-refractivity contribution in [3.05, 3.63) is 53.7 Å². The minimum atomic E-state index is -0.950. The summed E-state index contributed by atoms with van der Waals surface area (Å²) in [5, 5.41) is 7.90. The highest BCUT2D eigenvalue weighted by atomic mass is 16.2. The van der Waals surface area contributed by atoms with Crippen molar-refractivity contribution in [1.82, 2.24) is 10.3 Å². The van der Waals surface area contributed by atoms with Gasteiger partial charge in [-0.3, -0.25) is 14.4 Å². The molecule has 24 heavy (non-hydrogen) atoms. The van der Waals surface area contributed by atoms with Crippen LogP contribution in [0.4, 0.5) is 11.5 Å². The fraction of sp³-hybridized carbons (Fsp3) is 0.176. The maximum absolute atomic E-state index is 12.3. The lowest BCUT2D eigenvalue weighted by atomic mass is 10.1. The fourth-order valence-electron chi connectivity index (χ4n) is 2.44. The molecule has 1 aromatic heterocycles. The van der Waals surface area contributed by atoms with E-state index in [1.807, 2.05) is 13.0 Å². The molecule has 0 fully saturated rings. The van der Waals surface area contributed by atoms with E-state index in [4.69, 9.17) is 0 Å². The lowest BCUT2D eigenvalue weighted by molar-refractivity contribution is -0.122. The number of nitrogens with zero attached hydrogens (tertiary/aromatic N) is 1. The van der Waals surface area contributed by atoms with E-state index in [-0.39, 0.29) is 6.42 Å². The standard InChI is InChI=1S/C17H16N4O3/c1-10-5-4-8-18-15(10)21-14(22)9-13-17(24)19-12-7-3-2-6-11(12)16(23)20-13/h2-8,13H,9H2,1H3,(H,19,24)(H,20,23)(H,18,21,22)/t13-/m0/s1. The monoisotopic (exact) mass is 324 g/mol. The number of para-hydroxylation sites is 1. The predicted octanol–water partition coefficient (Wildman–Crippen LogP) is 1.47. The summed E-state index contributed by atoms with van der Waals surface area (Å²) in [5.41, 5.74) is 1.62. The van der Waals surface area contributed by atoms with E-state index < -0.39 is 23.8 Å². The highest BCUT2D eigenvalue weighted by molar-refractivity contribution is 6.11. The molecule has 7 nitrogen and oxygen atoms in total. The Bertz CT molecular complexity index is 819. The van der Waals surface area contributed by atoms with Gasteiger partial charge in [-0.05, 0) is 30.7 Å². The van der Waals surface area contributed by atoms with Crippen LogP contribution in [0.25, 0.3) is 0 Å². The van der Waals surface area contributed by atoms with Crippen LogP contribution in [0.5, 0.6) is 0 Å². The van der Waals surface area contributed by atoms with Crippen LogP contribution in [-0.2, 0) is 9.59 Å². The molecule has 0 spiro atoms. The van der Waals surface area contributed by atoms with Crippen molar-refractivity contribution in [3.8, 4) is 0 Å². The van der Waals surface area contributed by atoms with Crippen molar-refractivity contribution in [3.63, 3.8) is 0 Å². The first-order valence-corrected chi connectivity index (χ1v) is 7.47. The lowest BCUT2D eigenvalue weighted by Crippen LogP contribution is -2.43. The molecule has 2 aromatic rings. The molecule has 1 aliphatic heterocycles. The second-order valence-corrected chi connectivity index (χ2v) is 5.48. The smallest absolute Gasteiger partial charge is 0.254 e. The molecule has 0 saturated carbocycles. The Balaban J connectivity index is 1.72. The van der Waals surface area contributed by atoms with Crippen LogP contribution in [0, 0.1) is 6.92 Å². The van der Waals surface area contributed by atoms with Crippen molar-refractivity contribution >= 4 is 29.2 Å². The van der Waals surface area contributed by atoms with Gasteiger partial charge in [0.25, 0.3) is 5.91 Å². The van der Waals surface area contributed by atoms with Crippen LogP contribution >= 0.6 is 0 Å². The number of rotatable bonds is 3. The lowest BCUT2D eigenvalue weighted by Gasteiger charge is -2.14. The number of carbonyl (C=O) groups is 3. The molecule has 1 aromatic carbocycles. The van der Waals surface area contributed by atoms with Gasteiger partial charge in [-0.25, -0.2) is 4.98 Å². The van der Waals surface area contributed by atoms with Gasteiger partial charge in [-0.15, -0.1) is 0 Å². The Hall–Kier alpha value is -3.22. The Labute approximate surface area is 138 Å². The number of hydrogen-bond acceptors (Lipinski definition) is 4. The quantitative estimate of drug-likeness (QED) is 0.796. The zero-order valence-electron chi connectivity index (χ0n) is 13.0. The maximum atomic E-state index is 12.3. The highest BCUT2D eigenvalue weighted by Crippen LogP contribution is 2.19. The largest absolute Gasteiger partial charge is 0.340 e. The molecule has 0 aliphatic carbocycles. The van der Waals surface area contributed by atoms with E-state index in [1.165, 1.54) is 0 Å². The number of aryl methyl sites for hydroxylation is 1. The molecule has 3 N–H and O–H groups in total.